The maximum absolute atomic E-state index is 13.2. The van der Waals surface area contributed by atoms with Gasteiger partial charge in [-0.05, 0) is 63.0 Å². The Bertz CT molecular complexity index is 920. The van der Waals surface area contributed by atoms with Crippen LogP contribution in [0.2, 0.25) is 0 Å². The topological polar surface area (TPSA) is 55.8 Å². The van der Waals surface area contributed by atoms with Crippen molar-refractivity contribution in [1.82, 2.24) is 9.80 Å². The number of likely N-dealkylation sites (tertiary alicyclic amines) is 2. The predicted molar refractivity (Wildman–Crippen MR) is 120 cm³/mol. The number of aliphatic hydroxyl groups excluding tert-OH is 1. The normalized spacial score (nSPS) is 22.6. The number of carbonyl (C=O) groups excluding carboxylic acids is 1. The molecule has 0 aromatic heterocycles. The molecule has 3 heterocycles. The fourth-order valence-electron chi connectivity index (χ4n) is 4.91. The van der Waals surface area contributed by atoms with E-state index in [1.165, 1.54) is 32.4 Å². The van der Waals surface area contributed by atoms with Crippen molar-refractivity contribution in [1.29, 1.82) is 0 Å². The molecule has 3 aliphatic rings. The molecule has 5 nitrogen and oxygen atoms in total. The van der Waals surface area contributed by atoms with Gasteiger partial charge in [0.1, 0.15) is 0 Å². The molecule has 0 saturated carbocycles. The summed E-state index contributed by atoms with van der Waals surface area (Å²) in [7, 11) is 0. The van der Waals surface area contributed by atoms with Crippen LogP contribution in [-0.4, -0.2) is 53.0 Å². The number of nitrogens with zero attached hydrogens (tertiary/aromatic N) is 2. The molecule has 2 aromatic rings. The summed E-state index contributed by atoms with van der Waals surface area (Å²) in [5.41, 5.74) is 2.38. The van der Waals surface area contributed by atoms with Crippen molar-refractivity contribution in [2.24, 2.45) is 0 Å². The summed E-state index contributed by atoms with van der Waals surface area (Å²) in [4.78, 5) is 19.9. The van der Waals surface area contributed by atoms with Crippen LogP contribution in [0, 0.1) is 0 Å². The van der Waals surface area contributed by atoms with Gasteiger partial charge in [-0.1, -0.05) is 36.4 Å². The van der Waals surface area contributed by atoms with Gasteiger partial charge in [-0.15, -0.1) is 0 Å². The van der Waals surface area contributed by atoms with Gasteiger partial charge in [0.2, 0.25) is 0 Å². The number of anilines is 1. The Hall–Kier alpha value is -2.02. The van der Waals surface area contributed by atoms with Gasteiger partial charge in [-0.25, -0.2) is 0 Å². The van der Waals surface area contributed by atoms with E-state index in [0.29, 0.717) is 11.6 Å². The van der Waals surface area contributed by atoms with Crippen LogP contribution >= 0.6 is 11.8 Å². The van der Waals surface area contributed by atoms with Crippen LogP contribution in [0.15, 0.2) is 52.3 Å². The van der Waals surface area contributed by atoms with Crippen LogP contribution in [-0.2, 0) is 0 Å². The molecular weight excluding hydrogens is 394 g/mol. The maximum Gasteiger partial charge on any atom is 0.253 e. The lowest BCUT2D eigenvalue weighted by molar-refractivity contribution is 0.0590. The van der Waals surface area contributed by atoms with E-state index in [1.807, 2.05) is 47.4 Å². The first-order chi connectivity index (χ1) is 14.7. The molecule has 158 valence electrons. The van der Waals surface area contributed by atoms with Crippen molar-refractivity contribution in [3.63, 3.8) is 0 Å². The zero-order valence-electron chi connectivity index (χ0n) is 17.2. The standard InChI is InChI=1S/C24H29N3O2S/c28-23-19-6-2-3-7-21(19)30-22-9-8-17(16-20(22)25-23)24(29)27-14-10-18(11-15-27)26-12-4-1-5-13-26/h2-3,6-9,16,18,23,25,28H,1,4-5,10-15H2. The quantitative estimate of drug-likeness (QED) is 0.752. The van der Waals surface area contributed by atoms with Gasteiger partial charge in [0.25, 0.3) is 5.91 Å². The summed E-state index contributed by atoms with van der Waals surface area (Å²) in [6.07, 6.45) is 5.35. The highest BCUT2D eigenvalue weighted by Crippen LogP contribution is 2.42. The van der Waals surface area contributed by atoms with Crippen molar-refractivity contribution >= 4 is 23.4 Å². The predicted octanol–water partition coefficient (Wildman–Crippen LogP) is 4.34. The Balaban J connectivity index is 1.28. The van der Waals surface area contributed by atoms with Crippen LogP contribution < -0.4 is 5.32 Å². The second-order valence-corrected chi connectivity index (χ2v) is 9.60. The number of hydrogen-bond acceptors (Lipinski definition) is 5. The molecular formula is C24H29N3O2S. The van der Waals surface area contributed by atoms with E-state index in [2.05, 4.69) is 10.2 Å². The number of fused-ring (bicyclic) bond motifs is 2. The first-order valence-electron chi connectivity index (χ1n) is 11.1. The third-order valence-electron chi connectivity index (χ3n) is 6.61. The highest BCUT2D eigenvalue weighted by molar-refractivity contribution is 7.99. The zero-order chi connectivity index (χ0) is 20.5. The Kier molecular flexibility index (Phi) is 5.72. The van der Waals surface area contributed by atoms with Crippen molar-refractivity contribution in [2.45, 2.75) is 54.2 Å². The maximum atomic E-state index is 13.2. The van der Waals surface area contributed by atoms with Crippen LogP contribution in [0.1, 0.15) is 54.3 Å². The van der Waals surface area contributed by atoms with Gasteiger partial charge in [0.15, 0.2) is 6.23 Å². The highest BCUT2D eigenvalue weighted by atomic mass is 32.2. The number of benzene rings is 2. The van der Waals surface area contributed by atoms with E-state index in [9.17, 15) is 9.90 Å². The summed E-state index contributed by atoms with van der Waals surface area (Å²) in [6.45, 7) is 4.09. The summed E-state index contributed by atoms with van der Waals surface area (Å²) in [5.74, 6) is 0.0953. The molecule has 0 bridgehead atoms. The monoisotopic (exact) mass is 423 g/mol. The lowest BCUT2D eigenvalue weighted by atomic mass is 9.99. The highest BCUT2D eigenvalue weighted by Gasteiger charge is 2.29. The molecule has 6 heteroatoms. The molecule has 0 radical (unpaired) electrons. The number of aliphatic hydroxyl groups is 1. The molecule has 2 saturated heterocycles. The lowest BCUT2D eigenvalue weighted by Gasteiger charge is -2.40. The average Bonchev–Trinajstić information content (AvgIpc) is 2.94. The van der Waals surface area contributed by atoms with E-state index in [4.69, 9.17) is 0 Å². The van der Waals surface area contributed by atoms with Crippen LogP contribution in [0.5, 0.6) is 0 Å². The molecule has 3 aliphatic heterocycles. The SMILES string of the molecule is O=C(c1ccc2c(c1)NC(O)c1ccccc1S2)N1CCC(N2CCCCC2)CC1. The van der Waals surface area contributed by atoms with Gasteiger partial charge in [-0.3, -0.25) is 4.79 Å². The van der Waals surface area contributed by atoms with Gasteiger partial charge in [0, 0.05) is 40.0 Å². The van der Waals surface area contributed by atoms with Gasteiger partial charge in [-0.2, -0.15) is 0 Å². The van der Waals surface area contributed by atoms with Gasteiger partial charge < -0.3 is 20.2 Å². The third kappa shape index (κ3) is 3.96. The smallest absolute Gasteiger partial charge is 0.253 e. The average molecular weight is 424 g/mol. The molecule has 0 aliphatic carbocycles. The second kappa shape index (κ2) is 8.61. The lowest BCUT2D eigenvalue weighted by Crippen LogP contribution is -2.48. The van der Waals surface area contributed by atoms with Crippen molar-refractivity contribution in [3.8, 4) is 0 Å². The Morgan fingerprint density at radius 3 is 2.53 bits per heavy atom. The summed E-state index contributed by atoms with van der Waals surface area (Å²) in [6, 6.07) is 14.3. The third-order valence-corrected chi connectivity index (χ3v) is 7.78. The second-order valence-electron chi connectivity index (χ2n) is 8.52. The number of carbonyl (C=O) groups is 1. The van der Waals surface area contributed by atoms with Crippen molar-refractivity contribution in [2.75, 3.05) is 31.5 Å². The van der Waals surface area contributed by atoms with E-state index in [1.54, 1.807) is 11.8 Å². The summed E-state index contributed by atoms with van der Waals surface area (Å²) in [5, 5.41) is 13.8. The fourth-order valence-corrected chi connectivity index (χ4v) is 5.95. The summed E-state index contributed by atoms with van der Waals surface area (Å²) >= 11 is 1.63. The summed E-state index contributed by atoms with van der Waals surface area (Å²) < 4.78 is 0. The molecule has 5 rings (SSSR count). The molecule has 0 spiro atoms. The Morgan fingerprint density at radius 2 is 1.73 bits per heavy atom. The van der Waals surface area contributed by atoms with Crippen molar-refractivity contribution in [3.05, 3.63) is 53.6 Å². The minimum atomic E-state index is -0.777. The minimum Gasteiger partial charge on any atom is -0.369 e. The van der Waals surface area contributed by atoms with E-state index >= 15 is 0 Å². The molecule has 1 amide bonds. The number of nitrogens with one attached hydrogen (secondary N) is 1. The molecule has 2 fully saturated rings. The zero-order valence-corrected chi connectivity index (χ0v) is 18.0. The first-order valence-corrected chi connectivity index (χ1v) is 11.9. The van der Waals surface area contributed by atoms with Crippen LogP contribution in [0.3, 0.4) is 0 Å². The molecule has 1 unspecified atom stereocenters. The first kappa shape index (κ1) is 19.9. The van der Waals surface area contributed by atoms with Gasteiger partial charge >= 0.3 is 0 Å². The van der Waals surface area contributed by atoms with Crippen LogP contribution in [0.25, 0.3) is 0 Å². The molecule has 2 N–H and O–H groups in total. The Labute approximate surface area is 182 Å². The minimum absolute atomic E-state index is 0.0953. The van der Waals surface area contributed by atoms with E-state index in [0.717, 1.165) is 47.0 Å². The number of piperidine rings is 2. The number of rotatable bonds is 2. The van der Waals surface area contributed by atoms with E-state index < -0.39 is 6.23 Å². The number of hydrogen-bond donors (Lipinski definition) is 2. The van der Waals surface area contributed by atoms with Crippen molar-refractivity contribution < 1.29 is 9.90 Å². The largest absolute Gasteiger partial charge is 0.369 e. The molecule has 1 atom stereocenters. The van der Waals surface area contributed by atoms with E-state index in [-0.39, 0.29) is 5.91 Å². The van der Waals surface area contributed by atoms with Gasteiger partial charge in [0.05, 0.1) is 5.69 Å². The Morgan fingerprint density at radius 1 is 0.967 bits per heavy atom. The fraction of sp³-hybridized carbons (Fsp3) is 0.458. The number of amides is 1. The molecule has 30 heavy (non-hydrogen) atoms. The molecule has 2 aromatic carbocycles. The van der Waals surface area contributed by atoms with Crippen LogP contribution in [0.4, 0.5) is 5.69 Å².